The van der Waals surface area contributed by atoms with Gasteiger partial charge in [-0.3, -0.25) is 19.3 Å². The van der Waals surface area contributed by atoms with Crippen LogP contribution in [0.4, 0.5) is 0 Å². The summed E-state index contributed by atoms with van der Waals surface area (Å²) < 4.78 is 0. The van der Waals surface area contributed by atoms with Crippen molar-refractivity contribution in [3.8, 4) is 11.1 Å². The van der Waals surface area contributed by atoms with Gasteiger partial charge in [0.15, 0.2) is 0 Å². The summed E-state index contributed by atoms with van der Waals surface area (Å²) in [5.41, 5.74) is 1.55. The molecule has 30 heavy (non-hydrogen) atoms. The molecule has 156 valence electrons. The van der Waals surface area contributed by atoms with Gasteiger partial charge in [-0.2, -0.15) is 0 Å². The van der Waals surface area contributed by atoms with Crippen molar-refractivity contribution >= 4 is 17.7 Å². The molecule has 2 aromatic carbocycles. The molecule has 0 radical (unpaired) electrons. The van der Waals surface area contributed by atoms with Gasteiger partial charge in [-0.15, -0.1) is 0 Å². The number of rotatable bonds is 5. The fourth-order valence-electron chi connectivity index (χ4n) is 4.68. The van der Waals surface area contributed by atoms with Crippen molar-refractivity contribution in [2.75, 3.05) is 20.2 Å². The number of likely N-dealkylation sites (tertiary alicyclic amines) is 2. The lowest BCUT2D eigenvalue weighted by Crippen LogP contribution is -2.44. The minimum atomic E-state index is -1.19. The molecule has 2 aliphatic rings. The van der Waals surface area contributed by atoms with E-state index in [0.717, 1.165) is 28.9 Å². The molecule has 2 saturated heterocycles. The quantitative estimate of drug-likeness (QED) is 0.774. The van der Waals surface area contributed by atoms with E-state index in [2.05, 4.69) is 0 Å². The molecule has 3 amide bonds. The van der Waals surface area contributed by atoms with Gasteiger partial charge in [0, 0.05) is 26.4 Å². The lowest BCUT2D eigenvalue weighted by Gasteiger charge is -2.30. The molecule has 2 fully saturated rings. The maximum atomic E-state index is 13.2. The second-order valence-electron chi connectivity index (χ2n) is 8.20. The first-order chi connectivity index (χ1) is 14.5. The monoisotopic (exact) mass is 406 g/mol. The molecule has 2 aromatic rings. The molecule has 0 unspecified atom stereocenters. The summed E-state index contributed by atoms with van der Waals surface area (Å²) in [6.07, 6.45) is 1.51. The SMILES string of the molecule is CN1C(=O)C[C@](CC(=O)N2CCC[C@H]2CO)(c2ccc(-c3ccccc3)cc2)C1=O. The van der Waals surface area contributed by atoms with E-state index in [1.54, 1.807) is 4.90 Å². The Morgan fingerprint density at radius 2 is 1.73 bits per heavy atom. The van der Waals surface area contributed by atoms with Crippen molar-refractivity contribution in [3.05, 3.63) is 60.2 Å². The van der Waals surface area contributed by atoms with Gasteiger partial charge >= 0.3 is 0 Å². The van der Waals surface area contributed by atoms with Gasteiger partial charge < -0.3 is 10.0 Å². The Kier molecular flexibility index (Phi) is 5.43. The fourth-order valence-corrected chi connectivity index (χ4v) is 4.68. The summed E-state index contributed by atoms with van der Waals surface area (Å²) in [6.45, 7) is 0.488. The molecule has 0 aliphatic carbocycles. The van der Waals surface area contributed by atoms with Gasteiger partial charge in [-0.05, 0) is 29.5 Å². The van der Waals surface area contributed by atoms with Crippen molar-refractivity contribution in [1.82, 2.24) is 9.80 Å². The highest BCUT2D eigenvalue weighted by molar-refractivity contribution is 6.10. The topological polar surface area (TPSA) is 77.9 Å². The average Bonchev–Trinajstić information content (AvgIpc) is 3.34. The molecule has 0 spiro atoms. The molecule has 6 nitrogen and oxygen atoms in total. The Bertz CT molecular complexity index is 957. The highest BCUT2D eigenvalue weighted by atomic mass is 16.3. The highest BCUT2D eigenvalue weighted by Crippen LogP contribution is 2.41. The molecular weight excluding hydrogens is 380 g/mol. The number of likely N-dealkylation sites (N-methyl/N-ethyl adjacent to an activating group) is 1. The number of nitrogens with zero attached hydrogens (tertiary/aromatic N) is 2. The summed E-state index contributed by atoms with van der Waals surface area (Å²) in [4.78, 5) is 41.5. The van der Waals surface area contributed by atoms with Gasteiger partial charge in [0.1, 0.15) is 0 Å². The van der Waals surface area contributed by atoms with Gasteiger partial charge in [0.2, 0.25) is 17.7 Å². The maximum Gasteiger partial charge on any atom is 0.240 e. The van der Waals surface area contributed by atoms with Crippen LogP contribution in [0.5, 0.6) is 0 Å². The highest BCUT2D eigenvalue weighted by Gasteiger charge is 2.53. The Morgan fingerprint density at radius 3 is 2.33 bits per heavy atom. The van der Waals surface area contributed by atoms with Crippen molar-refractivity contribution in [1.29, 1.82) is 0 Å². The Balaban J connectivity index is 1.68. The van der Waals surface area contributed by atoms with Gasteiger partial charge in [0.25, 0.3) is 0 Å². The van der Waals surface area contributed by atoms with Crippen molar-refractivity contribution in [3.63, 3.8) is 0 Å². The van der Waals surface area contributed by atoms with Crippen molar-refractivity contribution < 1.29 is 19.5 Å². The molecule has 2 heterocycles. The molecule has 4 rings (SSSR count). The molecule has 2 atom stereocenters. The van der Waals surface area contributed by atoms with Crippen molar-refractivity contribution in [2.24, 2.45) is 0 Å². The second-order valence-corrected chi connectivity index (χ2v) is 8.20. The zero-order chi connectivity index (χ0) is 21.3. The number of carbonyl (C=O) groups excluding carboxylic acids is 3. The number of benzene rings is 2. The van der Waals surface area contributed by atoms with Gasteiger partial charge in [0.05, 0.1) is 18.1 Å². The van der Waals surface area contributed by atoms with E-state index in [1.165, 1.54) is 7.05 Å². The van der Waals surface area contributed by atoms with Crippen LogP contribution in [0.15, 0.2) is 54.6 Å². The summed E-state index contributed by atoms with van der Waals surface area (Å²) in [6, 6.07) is 17.3. The molecule has 6 heteroatoms. The van der Waals surface area contributed by atoms with E-state index in [-0.39, 0.29) is 43.2 Å². The summed E-state index contributed by atoms with van der Waals surface area (Å²) >= 11 is 0. The van der Waals surface area contributed by atoms with Crippen LogP contribution >= 0.6 is 0 Å². The zero-order valence-corrected chi connectivity index (χ0v) is 17.1. The number of hydrogen-bond donors (Lipinski definition) is 1. The van der Waals surface area contributed by atoms with Crippen LogP contribution in [-0.2, 0) is 19.8 Å². The van der Waals surface area contributed by atoms with E-state index in [0.29, 0.717) is 12.1 Å². The molecular formula is C24H26N2O4. The third kappa shape index (κ3) is 3.41. The average molecular weight is 406 g/mol. The number of hydrogen-bond acceptors (Lipinski definition) is 4. The smallest absolute Gasteiger partial charge is 0.240 e. The number of aliphatic hydroxyl groups is 1. The Hall–Kier alpha value is -2.99. The minimum absolute atomic E-state index is 0.0175. The molecule has 2 aliphatic heterocycles. The van der Waals surface area contributed by atoms with Crippen LogP contribution < -0.4 is 0 Å². The lowest BCUT2D eigenvalue weighted by molar-refractivity contribution is -0.142. The first-order valence-corrected chi connectivity index (χ1v) is 10.3. The first-order valence-electron chi connectivity index (χ1n) is 10.3. The first kappa shape index (κ1) is 20.3. The predicted octanol–water partition coefficient (Wildman–Crippen LogP) is 2.35. The maximum absolute atomic E-state index is 13.2. The van der Waals surface area contributed by atoms with E-state index < -0.39 is 5.41 Å². The van der Waals surface area contributed by atoms with Gasteiger partial charge in [-0.25, -0.2) is 0 Å². The molecule has 1 N–H and O–H groups in total. The summed E-state index contributed by atoms with van der Waals surface area (Å²) in [5.74, 6) is -0.803. The lowest BCUT2D eigenvalue weighted by atomic mass is 9.75. The van der Waals surface area contributed by atoms with Crippen LogP contribution in [0.25, 0.3) is 11.1 Å². The summed E-state index contributed by atoms with van der Waals surface area (Å²) in [5, 5.41) is 9.58. The zero-order valence-electron chi connectivity index (χ0n) is 17.1. The molecule has 0 aromatic heterocycles. The number of aliphatic hydroxyl groups excluding tert-OH is 1. The van der Waals surface area contributed by atoms with E-state index in [9.17, 15) is 19.5 Å². The second kappa shape index (κ2) is 8.03. The minimum Gasteiger partial charge on any atom is -0.394 e. The van der Waals surface area contributed by atoms with Crippen LogP contribution in [0, 0.1) is 0 Å². The number of amides is 3. The summed E-state index contributed by atoms with van der Waals surface area (Å²) in [7, 11) is 1.47. The fraction of sp³-hybridized carbons (Fsp3) is 0.375. The number of carbonyl (C=O) groups is 3. The predicted molar refractivity (Wildman–Crippen MR) is 112 cm³/mol. The standard InChI is InChI=1S/C24H26N2O4/c1-25-21(28)14-24(23(25)30,15-22(29)26-13-5-8-20(26)16-27)19-11-9-18(10-12-19)17-6-3-2-4-7-17/h2-4,6-7,9-12,20,27H,5,8,13-16H2,1H3/t20-,24-/m0/s1. The van der Waals surface area contributed by atoms with E-state index >= 15 is 0 Å². The van der Waals surface area contributed by atoms with Crippen LogP contribution in [0.3, 0.4) is 0 Å². The normalized spacial score (nSPS) is 24.0. The largest absolute Gasteiger partial charge is 0.394 e. The van der Waals surface area contributed by atoms with Gasteiger partial charge in [-0.1, -0.05) is 54.6 Å². The third-order valence-electron chi connectivity index (χ3n) is 6.45. The Morgan fingerprint density at radius 1 is 1.07 bits per heavy atom. The van der Waals surface area contributed by atoms with Crippen LogP contribution in [-0.4, -0.2) is 58.9 Å². The Labute approximate surface area is 176 Å². The molecule has 0 bridgehead atoms. The van der Waals surface area contributed by atoms with Crippen LogP contribution in [0.2, 0.25) is 0 Å². The van der Waals surface area contributed by atoms with Crippen LogP contribution in [0.1, 0.15) is 31.2 Å². The van der Waals surface area contributed by atoms with E-state index in [1.807, 2.05) is 54.6 Å². The number of imide groups is 1. The van der Waals surface area contributed by atoms with Crippen molar-refractivity contribution in [2.45, 2.75) is 37.1 Å². The molecule has 0 saturated carbocycles. The third-order valence-corrected chi connectivity index (χ3v) is 6.45. The van der Waals surface area contributed by atoms with E-state index in [4.69, 9.17) is 0 Å².